The quantitative estimate of drug-likeness (QED) is 0.788. The first-order valence-corrected chi connectivity index (χ1v) is 7.32. The third kappa shape index (κ3) is 3.20. The van der Waals surface area contributed by atoms with E-state index in [9.17, 15) is 0 Å². The van der Waals surface area contributed by atoms with Crippen LogP contribution < -0.4 is 4.90 Å². The molecule has 0 aliphatic carbocycles. The molecule has 0 bridgehead atoms. The second-order valence-electron chi connectivity index (χ2n) is 4.47. The van der Waals surface area contributed by atoms with Crippen LogP contribution in [-0.4, -0.2) is 32.0 Å². The standard InChI is InChI=1S/C17H19ClN2S/c1-19(2)10-5-11-20-14-6-3-4-7-16(14)21-17-9-8-13(18)12-15(17)20/h3-4,6-9,12H,5,10-11H2,1-2H3/i3D,4D,5D2,6D,7D,10D2,11D2. The van der Waals surface area contributed by atoms with Crippen LogP contribution in [0.2, 0.25) is 5.02 Å². The first-order valence-electron chi connectivity index (χ1n) is 11.1. The molecule has 1 aliphatic heterocycles. The van der Waals surface area contributed by atoms with Crippen LogP contribution in [0.4, 0.5) is 11.4 Å². The second-order valence-corrected chi connectivity index (χ2v) is 5.96. The fraction of sp³-hybridized carbons (Fsp3) is 0.294. The highest BCUT2D eigenvalue weighted by Gasteiger charge is 2.22. The van der Waals surface area contributed by atoms with E-state index in [1.54, 1.807) is 6.07 Å². The van der Waals surface area contributed by atoms with E-state index in [-0.39, 0.29) is 21.3 Å². The molecule has 0 spiro atoms. The SMILES string of the molecule is [2H]c1c([2H])c([2H])c2c(c1[2H])Sc1ccc(Cl)cc1N2C([2H])([2H])C([2H])([2H])C([2H])([2H])N(C)C. The van der Waals surface area contributed by atoms with Gasteiger partial charge in [-0.15, -0.1) is 0 Å². The lowest BCUT2D eigenvalue weighted by Gasteiger charge is -2.33. The summed E-state index contributed by atoms with van der Waals surface area (Å²) < 4.78 is 83.5. The highest BCUT2D eigenvalue weighted by Crippen LogP contribution is 2.48. The van der Waals surface area contributed by atoms with Crippen LogP contribution in [0.3, 0.4) is 0 Å². The third-order valence-electron chi connectivity index (χ3n) is 2.68. The van der Waals surface area contributed by atoms with E-state index >= 15 is 0 Å². The van der Waals surface area contributed by atoms with Gasteiger partial charge in [0, 0.05) is 29.5 Å². The van der Waals surface area contributed by atoms with Crippen LogP contribution in [0.25, 0.3) is 0 Å². The minimum Gasteiger partial charge on any atom is -0.340 e. The van der Waals surface area contributed by atoms with E-state index in [1.807, 2.05) is 0 Å². The van der Waals surface area contributed by atoms with Gasteiger partial charge in [-0.05, 0) is 57.2 Å². The molecule has 1 aliphatic rings. The van der Waals surface area contributed by atoms with Crippen molar-refractivity contribution in [2.45, 2.75) is 16.2 Å². The Labute approximate surface area is 149 Å². The van der Waals surface area contributed by atoms with E-state index in [0.29, 0.717) is 4.90 Å². The first-order chi connectivity index (χ1) is 14.1. The highest BCUT2D eigenvalue weighted by molar-refractivity contribution is 7.99. The maximum atomic E-state index is 8.74. The van der Waals surface area contributed by atoms with Crippen LogP contribution in [-0.2, 0) is 0 Å². The second kappa shape index (κ2) is 6.30. The number of anilines is 2. The smallest absolute Gasteiger partial charge is 0.0645 e. The predicted molar refractivity (Wildman–Crippen MR) is 92.2 cm³/mol. The van der Waals surface area contributed by atoms with Gasteiger partial charge < -0.3 is 9.80 Å². The van der Waals surface area contributed by atoms with Crippen molar-refractivity contribution in [1.82, 2.24) is 4.90 Å². The summed E-state index contributed by atoms with van der Waals surface area (Å²) in [5, 5.41) is 0.209. The van der Waals surface area contributed by atoms with Gasteiger partial charge in [0.2, 0.25) is 0 Å². The van der Waals surface area contributed by atoms with Crippen molar-refractivity contribution in [3.63, 3.8) is 0 Å². The van der Waals surface area contributed by atoms with Crippen LogP contribution in [0.15, 0.2) is 52.2 Å². The van der Waals surface area contributed by atoms with Crippen molar-refractivity contribution < 1.29 is 13.7 Å². The first kappa shape index (κ1) is 6.95. The molecule has 0 N–H and O–H groups in total. The molecule has 4 heteroatoms. The maximum absolute atomic E-state index is 8.74. The predicted octanol–water partition coefficient (Wildman–Crippen LogP) is 4.89. The zero-order chi connectivity index (χ0) is 23.7. The number of fused-ring (bicyclic) bond motifs is 2. The molecule has 0 aromatic heterocycles. The summed E-state index contributed by atoms with van der Waals surface area (Å²) in [4.78, 5) is 2.14. The average molecular weight is 329 g/mol. The Morgan fingerprint density at radius 2 is 2.05 bits per heavy atom. The summed E-state index contributed by atoms with van der Waals surface area (Å²) in [5.74, 6) is 0. The number of para-hydroxylation sites is 1. The Bertz CT molecular complexity index is 1060. The zero-order valence-corrected chi connectivity index (χ0v) is 13.0. The van der Waals surface area contributed by atoms with Crippen molar-refractivity contribution in [1.29, 1.82) is 0 Å². The Hall–Kier alpha value is -1.16. The Kier molecular flexibility index (Phi) is 2.09. The van der Waals surface area contributed by atoms with Gasteiger partial charge >= 0.3 is 0 Å². The van der Waals surface area contributed by atoms with Gasteiger partial charge in [0.25, 0.3) is 0 Å². The molecule has 0 saturated carbocycles. The summed E-state index contributed by atoms with van der Waals surface area (Å²) in [6.07, 6.45) is -3.15. The molecular weight excluding hydrogens is 300 g/mol. The summed E-state index contributed by atoms with van der Waals surface area (Å²) in [5.41, 5.74) is -0.187. The number of halogens is 1. The summed E-state index contributed by atoms with van der Waals surface area (Å²) in [7, 11) is 2.57. The van der Waals surface area contributed by atoms with Crippen LogP contribution in [0.5, 0.6) is 0 Å². The van der Waals surface area contributed by atoms with Gasteiger partial charge in [-0.25, -0.2) is 0 Å². The van der Waals surface area contributed by atoms with Gasteiger partial charge in [-0.3, -0.25) is 0 Å². The molecule has 110 valence electrons. The molecule has 0 saturated heterocycles. The monoisotopic (exact) mass is 328 g/mol. The number of nitrogens with zero attached hydrogens (tertiary/aromatic N) is 2. The summed E-state index contributed by atoms with van der Waals surface area (Å²) in [6, 6.07) is 2.40. The number of benzene rings is 2. The zero-order valence-electron chi connectivity index (χ0n) is 21.4. The van der Waals surface area contributed by atoms with Crippen LogP contribution in [0.1, 0.15) is 20.1 Å². The number of rotatable bonds is 4. The lowest BCUT2D eigenvalue weighted by atomic mass is 10.2. The topological polar surface area (TPSA) is 6.48 Å². The molecule has 1 heterocycles. The van der Waals surface area contributed by atoms with Crippen LogP contribution in [0, 0.1) is 0 Å². The minimum atomic E-state index is -3.15. The van der Waals surface area contributed by atoms with E-state index in [4.69, 9.17) is 25.3 Å². The molecule has 0 amide bonds. The Balaban J connectivity index is 2.41. The molecule has 2 aromatic carbocycles. The maximum Gasteiger partial charge on any atom is 0.0645 e. The average Bonchev–Trinajstić information content (AvgIpc) is 2.68. The molecule has 0 radical (unpaired) electrons. The van der Waals surface area contributed by atoms with Gasteiger partial charge in [0.1, 0.15) is 0 Å². The summed E-state index contributed by atoms with van der Waals surface area (Å²) >= 11 is 7.11. The van der Waals surface area contributed by atoms with Gasteiger partial charge in [-0.2, -0.15) is 0 Å². The highest BCUT2D eigenvalue weighted by atomic mass is 35.5. The number of hydrogen-bond acceptors (Lipinski definition) is 3. The molecule has 0 fully saturated rings. The van der Waals surface area contributed by atoms with Gasteiger partial charge in [0.05, 0.1) is 16.9 Å². The van der Waals surface area contributed by atoms with E-state index in [2.05, 4.69) is 0 Å². The van der Waals surface area contributed by atoms with E-state index in [1.165, 1.54) is 26.2 Å². The van der Waals surface area contributed by atoms with Crippen molar-refractivity contribution in [3.8, 4) is 0 Å². The van der Waals surface area contributed by atoms with Crippen molar-refractivity contribution >= 4 is 34.7 Å². The van der Waals surface area contributed by atoms with Gasteiger partial charge in [0.15, 0.2) is 0 Å². The molecule has 0 unspecified atom stereocenters. The van der Waals surface area contributed by atoms with E-state index < -0.39 is 43.5 Å². The van der Waals surface area contributed by atoms with E-state index in [0.717, 1.165) is 21.6 Å². The Morgan fingerprint density at radius 1 is 1.24 bits per heavy atom. The fourth-order valence-electron chi connectivity index (χ4n) is 1.82. The van der Waals surface area contributed by atoms with Crippen LogP contribution >= 0.6 is 23.4 Å². The Morgan fingerprint density at radius 3 is 2.86 bits per heavy atom. The molecule has 21 heavy (non-hydrogen) atoms. The molecule has 0 atom stereocenters. The molecule has 3 rings (SSSR count). The lowest BCUT2D eigenvalue weighted by Crippen LogP contribution is -2.25. The normalized spacial score (nSPS) is 22.2. The van der Waals surface area contributed by atoms with Crippen molar-refractivity contribution in [2.24, 2.45) is 0 Å². The fourth-order valence-corrected chi connectivity index (χ4v) is 2.93. The molecule has 2 aromatic rings. The van der Waals surface area contributed by atoms with Crippen molar-refractivity contribution in [2.75, 3.05) is 32.0 Å². The minimum absolute atomic E-state index is 0.0194. The largest absolute Gasteiger partial charge is 0.340 e. The molecule has 2 nitrogen and oxygen atoms in total. The number of hydrogen-bond donors (Lipinski definition) is 0. The van der Waals surface area contributed by atoms with Crippen molar-refractivity contribution in [3.05, 3.63) is 47.4 Å². The third-order valence-corrected chi connectivity index (χ3v) is 3.98. The summed E-state index contributed by atoms with van der Waals surface area (Å²) in [6.45, 7) is -5.86. The molecular formula is C17H19ClN2S. The van der Waals surface area contributed by atoms with Gasteiger partial charge in [-0.1, -0.05) is 35.4 Å². The lowest BCUT2D eigenvalue weighted by molar-refractivity contribution is 0.402.